The van der Waals surface area contributed by atoms with Gasteiger partial charge in [0.25, 0.3) is 0 Å². The molecule has 3 N–H and O–H groups in total. The van der Waals surface area contributed by atoms with E-state index >= 15 is 0 Å². The van der Waals surface area contributed by atoms with Gasteiger partial charge in [-0.3, -0.25) is 10.2 Å². The number of hydrogen-bond acceptors (Lipinski definition) is 2. The Bertz CT molecular complexity index is 223. The molecule has 0 rings (SSSR count). The molecule has 0 aromatic rings. The molecule has 0 amide bonds. The van der Waals surface area contributed by atoms with Crippen LogP contribution in [0.5, 0.6) is 0 Å². The van der Waals surface area contributed by atoms with Crippen LogP contribution in [0.2, 0.25) is 0 Å². The molecule has 14 heavy (non-hydrogen) atoms. The summed E-state index contributed by atoms with van der Waals surface area (Å²) in [6.07, 6.45) is 0. The van der Waals surface area contributed by atoms with Gasteiger partial charge in [0.05, 0.1) is 5.84 Å². The fourth-order valence-corrected chi connectivity index (χ4v) is 1.26. The topological polar surface area (TPSA) is 66.9 Å². The Labute approximate surface area is 86.6 Å². The normalized spacial score (nSPS) is 17.6. The van der Waals surface area contributed by atoms with Crippen LogP contribution in [0.4, 0.5) is 0 Å². The van der Waals surface area contributed by atoms with Crippen molar-refractivity contribution in [1.82, 2.24) is 0 Å². The van der Waals surface area contributed by atoms with Gasteiger partial charge in [-0.2, -0.15) is 0 Å². The molecule has 3 nitrogen and oxygen atoms in total. The number of nitrogens with two attached hydrogens (primary N) is 1. The molecule has 0 radical (unpaired) electrons. The molecule has 0 spiro atoms. The summed E-state index contributed by atoms with van der Waals surface area (Å²) in [4.78, 5) is 11.9. The summed E-state index contributed by atoms with van der Waals surface area (Å²) in [5.74, 6) is 0.411. The molecule has 3 unspecified atom stereocenters. The number of amidine groups is 1. The maximum absolute atomic E-state index is 11.9. The molecule has 0 aliphatic heterocycles. The first-order chi connectivity index (χ1) is 6.29. The van der Waals surface area contributed by atoms with Crippen LogP contribution in [0, 0.1) is 29.1 Å². The molecule has 0 saturated carbocycles. The van der Waals surface area contributed by atoms with Crippen LogP contribution in [0.1, 0.15) is 34.6 Å². The van der Waals surface area contributed by atoms with Crippen molar-refractivity contribution in [1.29, 1.82) is 5.41 Å². The van der Waals surface area contributed by atoms with Gasteiger partial charge in [0, 0.05) is 17.8 Å². The molecule has 0 bridgehead atoms. The van der Waals surface area contributed by atoms with Crippen LogP contribution in [-0.4, -0.2) is 11.6 Å². The van der Waals surface area contributed by atoms with E-state index in [0.29, 0.717) is 5.92 Å². The van der Waals surface area contributed by atoms with Gasteiger partial charge in [0.1, 0.15) is 5.78 Å². The first-order valence-electron chi connectivity index (χ1n) is 5.16. The van der Waals surface area contributed by atoms with Gasteiger partial charge in [-0.05, 0) is 5.92 Å². The van der Waals surface area contributed by atoms with E-state index in [0.717, 1.165) is 0 Å². The van der Waals surface area contributed by atoms with Crippen molar-refractivity contribution in [3.05, 3.63) is 0 Å². The molecule has 0 aliphatic rings. The second-order valence-corrected chi connectivity index (χ2v) is 4.47. The van der Waals surface area contributed by atoms with Crippen molar-refractivity contribution in [3.8, 4) is 0 Å². The van der Waals surface area contributed by atoms with E-state index in [1.807, 2.05) is 34.6 Å². The first-order valence-corrected chi connectivity index (χ1v) is 5.16. The monoisotopic (exact) mass is 198 g/mol. The second kappa shape index (κ2) is 5.13. The van der Waals surface area contributed by atoms with Crippen LogP contribution >= 0.6 is 0 Å². The van der Waals surface area contributed by atoms with Crippen molar-refractivity contribution in [2.24, 2.45) is 29.4 Å². The lowest BCUT2D eigenvalue weighted by atomic mass is 9.81. The van der Waals surface area contributed by atoms with Crippen molar-refractivity contribution >= 4 is 11.6 Å². The Morgan fingerprint density at radius 1 is 1.00 bits per heavy atom. The molecule has 3 atom stereocenters. The smallest absolute Gasteiger partial charge is 0.139 e. The van der Waals surface area contributed by atoms with E-state index in [9.17, 15) is 4.79 Å². The Hall–Kier alpha value is -0.860. The van der Waals surface area contributed by atoms with E-state index < -0.39 is 0 Å². The van der Waals surface area contributed by atoms with Gasteiger partial charge in [0.15, 0.2) is 0 Å². The third-order valence-corrected chi connectivity index (χ3v) is 3.14. The molecule has 0 fully saturated rings. The van der Waals surface area contributed by atoms with Gasteiger partial charge < -0.3 is 5.73 Å². The number of hydrogen-bond donors (Lipinski definition) is 2. The highest BCUT2D eigenvalue weighted by atomic mass is 16.1. The van der Waals surface area contributed by atoms with E-state index in [4.69, 9.17) is 11.1 Å². The van der Waals surface area contributed by atoms with Gasteiger partial charge in [-0.15, -0.1) is 0 Å². The average Bonchev–Trinajstić information content (AvgIpc) is 2.12. The largest absolute Gasteiger partial charge is 0.387 e. The van der Waals surface area contributed by atoms with Gasteiger partial charge in [0.2, 0.25) is 0 Å². The molecule has 0 saturated heterocycles. The minimum atomic E-state index is -0.149. The van der Waals surface area contributed by atoms with Crippen LogP contribution in [0.15, 0.2) is 0 Å². The predicted molar refractivity (Wildman–Crippen MR) is 59.3 cm³/mol. The molecule has 0 aromatic carbocycles. The zero-order valence-corrected chi connectivity index (χ0v) is 9.79. The highest BCUT2D eigenvalue weighted by molar-refractivity contribution is 5.89. The summed E-state index contributed by atoms with van der Waals surface area (Å²) in [6, 6.07) is 0. The van der Waals surface area contributed by atoms with Gasteiger partial charge in [-0.1, -0.05) is 34.6 Å². The van der Waals surface area contributed by atoms with Crippen molar-refractivity contribution in [3.63, 3.8) is 0 Å². The van der Waals surface area contributed by atoms with E-state index in [1.165, 1.54) is 0 Å². The zero-order valence-electron chi connectivity index (χ0n) is 9.79. The molecular weight excluding hydrogens is 176 g/mol. The highest BCUT2D eigenvalue weighted by Gasteiger charge is 2.27. The number of carbonyl (C=O) groups excluding carboxylic acids is 1. The number of Topliss-reactive ketones (excluding diaryl/α,β-unsaturated/α-hetero) is 1. The van der Waals surface area contributed by atoms with Crippen LogP contribution in [0.3, 0.4) is 0 Å². The lowest BCUT2D eigenvalue weighted by Gasteiger charge is -2.23. The lowest BCUT2D eigenvalue weighted by Crippen LogP contribution is -2.34. The number of rotatable bonds is 5. The predicted octanol–water partition coefficient (Wildman–Crippen LogP) is 2.06. The molecular formula is C11H22N2O. The fraction of sp³-hybridized carbons (Fsp3) is 0.818. The molecule has 82 valence electrons. The first kappa shape index (κ1) is 13.1. The Kier molecular flexibility index (Phi) is 4.81. The Balaban J connectivity index is 4.46. The Morgan fingerprint density at radius 3 is 1.71 bits per heavy atom. The summed E-state index contributed by atoms with van der Waals surface area (Å²) in [5.41, 5.74) is 5.38. The molecule has 0 aromatic heterocycles. The molecule has 3 heteroatoms. The van der Waals surface area contributed by atoms with Crippen molar-refractivity contribution < 1.29 is 4.79 Å². The average molecular weight is 198 g/mol. The van der Waals surface area contributed by atoms with Gasteiger partial charge in [-0.25, -0.2) is 0 Å². The van der Waals surface area contributed by atoms with Gasteiger partial charge >= 0.3 is 0 Å². The number of ketones is 1. The van der Waals surface area contributed by atoms with Crippen molar-refractivity contribution in [2.75, 3.05) is 0 Å². The lowest BCUT2D eigenvalue weighted by molar-refractivity contribution is -0.127. The standard InChI is InChI=1S/C11H22N2O/c1-6(2)7(3)10(14)8(4)9(5)11(12)13/h6-9H,1-5H3,(H3,12,13). The third-order valence-electron chi connectivity index (χ3n) is 3.14. The van der Waals surface area contributed by atoms with Crippen LogP contribution < -0.4 is 5.73 Å². The maximum Gasteiger partial charge on any atom is 0.139 e. The van der Waals surface area contributed by atoms with E-state index in [-0.39, 0.29) is 29.4 Å². The second-order valence-electron chi connectivity index (χ2n) is 4.47. The maximum atomic E-state index is 11.9. The summed E-state index contributed by atoms with van der Waals surface area (Å²) in [6.45, 7) is 9.70. The summed E-state index contributed by atoms with van der Waals surface area (Å²) in [7, 11) is 0. The Morgan fingerprint density at radius 2 is 1.43 bits per heavy atom. The zero-order chi connectivity index (χ0) is 11.5. The molecule has 0 heterocycles. The van der Waals surface area contributed by atoms with Crippen LogP contribution in [0.25, 0.3) is 0 Å². The SMILES string of the molecule is CC(C)C(C)C(=O)C(C)C(C)C(=N)N. The minimum Gasteiger partial charge on any atom is -0.387 e. The molecule has 0 aliphatic carbocycles. The summed E-state index contributed by atoms with van der Waals surface area (Å²) in [5, 5.41) is 7.30. The summed E-state index contributed by atoms with van der Waals surface area (Å²) < 4.78 is 0. The van der Waals surface area contributed by atoms with E-state index in [2.05, 4.69) is 0 Å². The quantitative estimate of drug-likeness (QED) is 0.524. The number of carbonyl (C=O) groups is 1. The van der Waals surface area contributed by atoms with Crippen LogP contribution in [-0.2, 0) is 4.79 Å². The summed E-state index contributed by atoms with van der Waals surface area (Å²) >= 11 is 0. The number of nitrogens with one attached hydrogen (secondary N) is 1. The van der Waals surface area contributed by atoms with Crippen molar-refractivity contribution in [2.45, 2.75) is 34.6 Å². The van der Waals surface area contributed by atoms with E-state index in [1.54, 1.807) is 0 Å². The third kappa shape index (κ3) is 3.13. The minimum absolute atomic E-state index is 0.0480. The highest BCUT2D eigenvalue weighted by Crippen LogP contribution is 2.21. The fourth-order valence-electron chi connectivity index (χ4n) is 1.26.